The summed E-state index contributed by atoms with van der Waals surface area (Å²) in [5.41, 5.74) is 14.4. The molecule has 14 aromatic rings. The molecule has 0 unspecified atom stereocenters. The van der Waals surface area contributed by atoms with Crippen molar-refractivity contribution in [3.8, 4) is 11.5 Å². The van der Waals surface area contributed by atoms with Crippen molar-refractivity contribution in [1.82, 2.24) is 76.9 Å². The van der Waals surface area contributed by atoms with E-state index in [1.165, 1.54) is 46.2 Å². The van der Waals surface area contributed by atoms with Gasteiger partial charge in [-0.25, -0.2) is 67.2 Å². The number of aliphatic carboxylic acids is 2. The molecule has 123 heavy (non-hydrogen) atoms. The number of amides is 2. The minimum absolute atomic E-state index is 0. The van der Waals surface area contributed by atoms with Gasteiger partial charge in [0.2, 0.25) is 12.8 Å². The van der Waals surface area contributed by atoms with Crippen molar-refractivity contribution in [1.29, 1.82) is 0 Å². The molecule has 0 bridgehead atoms. The Morgan fingerprint density at radius 2 is 0.520 bits per heavy atom. The summed E-state index contributed by atoms with van der Waals surface area (Å²) in [6.45, 7) is 8.01. The van der Waals surface area contributed by atoms with E-state index in [9.17, 15) is 29.4 Å². The van der Waals surface area contributed by atoms with Crippen LogP contribution in [-0.4, -0.2) is 180 Å². The Labute approximate surface area is 733 Å². The first kappa shape index (κ1) is 107. The minimum Gasteiger partial charge on any atom is -0.545 e. The van der Waals surface area contributed by atoms with Gasteiger partial charge in [0.05, 0.1) is 117 Å². The van der Waals surface area contributed by atoms with E-state index < -0.39 is 32.4 Å². The number of carboxylic acid groups (broad SMARTS) is 3. The van der Waals surface area contributed by atoms with Gasteiger partial charge < -0.3 is 87.3 Å². The standard InChI is InChI=1S/2C27H27N7.2C9H8O3.2C3H7NO.2C2H6O.CH2O2.2ClHO4.2Co/c2*1-31-22-13-7-4-10-19(22)28-25(31)16-34(17-26-29-20-11-5-8-14-23(20)32(26)2)18-27-30-21-12-6-9-15-24(21)33(27)3;2*10-8-4-1-7(2-5-8)3-6-9(11)12;2*1-4(2)3-5;2*1-2-3;2-1-3;2*2-1(3,4)5;;/h2*4-15H,16-18H2,1-3H3;2*1-6,10H,(H,11,12);2*3H,1-2H3;2*3H,2H2,1H3;1H,(H,2,3);2*(H,2,3,4,5);;/q;;;;;;;;;;;;+2/p-3/b;;2*6-3+;;;;;;;;;. The van der Waals surface area contributed by atoms with Gasteiger partial charge in [-0.05, 0) is 134 Å². The summed E-state index contributed by atoms with van der Waals surface area (Å²) in [5.74, 6) is 4.00. The number of aromatic hydroxyl groups is 2. The summed E-state index contributed by atoms with van der Waals surface area (Å²) in [7, 11) is 9.40. The largest absolute Gasteiger partial charge is 2.00 e. The number of imidazole rings is 6. The minimum atomic E-state index is -4.94. The van der Waals surface area contributed by atoms with Gasteiger partial charge in [-0.3, -0.25) is 19.4 Å². The number of carbonyl (C=O) groups excluding carboxylic acids is 4. The maximum absolute atomic E-state index is 9.99. The number of benzene rings is 8. The number of aliphatic hydroxyl groups excluding tert-OH is 3. The average Bonchev–Trinajstić information content (AvgIpc) is 1.64. The van der Waals surface area contributed by atoms with E-state index in [4.69, 9.17) is 97.5 Å². The van der Waals surface area contributed by atoms with Gasteiger partial charge in [0, 0.05) is 100 Å². The van der Waals surface area contributed by atoms with Crippen LogP contribution in [0, 0.1) is 20.5 Å². The average molecular weight is 1830 g/mol. The predicted octanol–water partition coefficient (Wildman–Crippen LogP) is -1.03. The Balaban J connectivity index is 0.000000528. The molecule has 40 heteroatoms. The third kappa shape index (κ3) is 38.0. The second kappa shape index (κ2) is 54.5. The summed E-state index contributed by atoms with van der Waals surface area (Å²) in [6.07, 6.45) is 6.17. The summed E-state index contributed by atoms with van der Waals surface area (Å²) >= 11 is 0. The van der Waals surface area contributed by atoms with E-state index in [0.717, 1.165) is 126 Å². The summed E-state index contributed by atoms with van der Waals surface area (Å²) in [5, 5.41) is 59.9. The van der Waals surface area contributed by atoms with E-state index in [2.05, 4.69) is 189 Å². The van der Waals surface area contributed by atoms with Crippen LogP contribution < -0.4 is 47.5 Å². The second-order valence-corrected chi connectivity index (χ2v) is 27.4. The van der Waals surface area contributed by atoms with Crippen molar-refractivity contribution < 1.29 is 151 Å². The molecule has 0 saturated heterocycles. The maximum Gasteiger partial charge on any atom is 2.00 e. The third-order valence-corrected chi connectivity index (χ3v) is 16.5. The zero-order valence-corrected chi connectivity index (χ0v) is 72.7. The normalized spacial score (nSPS) is 10.6. The van der Waals surface area contributed by atoms with Crippen LogP contribution in [0.25, 0.3) is 78.4 Å². The quantitative estimate of drug-likeness (QED) is 0.0390. The van der Waals surface area contributed by atoms with Crippen LogP contribution in [0.5, 0.6) is 11.5 Å². The molecule has 0 spiro atoms. The number of aliphatic hydroxyl groups is 2. The number of halogens is 2. The summed E-state index contributed by atoms with van der Waals surface area (Å²) < 4.78 is 81.1. The van der Waals surface area contributed by atoms with E-state index in [1.54, 1.807) is 66.3 Å². The number of fused-ring (bicyclic) bond motifs is 6. The molecule has 2 amide bonds. The van der Waals surface area contributed by atoms with Crippen LogP contribution in [0.4, 0.5) is 0 Å². The number of carboxylic acids is 2. The van der Waals surface area contributed by atoms with Gasteiger partial charge in [0.25, 0.3) is 0 Å². The number of aryl methyl sites for hydroxylation is 6. The van der Waals surface area contributed by atoms with E-state index in [-0.39, 0.29) is 64.7 Å². The molecule has 36 nitrogen and oxygen atoms in total. The summed E-state index contributed by atoms with van der Waals surface area (Å²) in [6, 6.07) is 62.1. The molecule has 662 valence electrons. The number of phenolic OH excluding ortho intramolecular Hbond substituents is 2. The fourth-order valence-corrected chi connectivity index (χ4v) is 11.1. The number of para-hydroxylation sites is 12. The van der Waals surface area contributed by atoms with Crippen LogP contribution in [0.15, 0.2) is 206 Å². The Bertz CT molecular complexity index is 4850. The molecule has 0 aliphatic heterocycles. The molecule has 6 heterocycles. The van der Waals surface area contributed by atoms with E-state index in [0.29, 0.717) is 50.4 Å². The first-order chi connectivity index (χ1) is 57.3. The molecular formula is C83H97Cl2Co2N16O20-. The SMILES string of the molecule is CCO.CCO.CN(C)C=O.CN(C)C=O.Cn1c(CN(Cc2nc3ccccc3n2C)Cc2nc3ccccc3n2C)nc2ccccc21.Cn1c(CN(Cc2nc3ccccc3n2C)Cc2nc3ccccc3n2C)nc2ccccc21.O=C([O-])/C=C/c1ccc(O)cc1.O=C([O-])/C=C/c1ccc(O)cc1.OC=[OH+].[Co+2].[Co].[O-][Cl+3]([O-])([O-])[O-].[O-][Cl+3]([O-])([O-])[O-]. The van der Waals surface area contributed by atoms with Crippen molar-refractivity contribution in [2.45, 2.75) is 53.1 Å². The molecule has 0 aliphatic rings. The monoisotopic (exact) mass is 1830 g/mol. The number of rotatable bonds is 18. The molecule has 8 aromatic carbocycles. The Hall–Kier alpha value is -11.9. The number of nitrogens with zero attached hydrogens (tertiary/aromatic N) is 16. The van der Waals surface area contributed by atoms with Crippen LogP contribution in [0.1, 0.15) is 59.9 Å². The molecule has 2 radical (unpaired) electrons. The first-order valence-electron chi connectivity index (χ1n) is 36.3. The second-order valence-electron chi connectivity index (χ2n) is 25.9. The van der Waals surface area contributed by atoms with Crippen molar-refractivity contribution in [3.63, 3.8) is 0 Å². The number of phenols is 2. The Morgan fingerprint density at radius 1 is 0.374 bits per heavy atom. The molecule has 0 fully saturated rings. The number of aromatic nitrogens is 12. The molecule has 0 aliphatic carbocycles. The zero-order chi connectivity index (χ0) is 90.1. The number of hydrogen-bond acceptors (Lipinski definition) is 26. The fraction of sp³-hybridized carbons (Fsp3) is 0.241. The van der Waals surface area contributed by atoms with Gasteiger partial charge >= 0.3 is 23.3 Å². The molecule has 6 N–H and O–H groups in total. The van der Waals surface area contributed by atoms with Crippen LogP contribution >= 0.6 is 0 Å². The Morgan fingerprint density at radius 3 is 0.650 bits per heavy atom. The van der Waals surface area contributed by atoms with Crippen LogP contribution in [0.2, 0.25) is 0 Å². The van der Waals surface area contributed by atoms with Crippen LogP contribution in [0.3, 0.4) is 0 Å². The topological polar surface area (TPSA) is 541 Å². The maximum atomic E-state index is 9.99. The Kier molecular flexibility index (Phi) is 47.5. The van der Waals surface area contributed by atoms with Gasteiger partial charge in [-0.15, -0.1) is 20.5 Å². The first-order valence-corrected chi connectivity index (χ1v) is 38.8. The van der Waals surface area contributed by atoms with Crippen molar-refractivity contribution >= 4 is 110 Å². The van der Waals surface area contributed by atoms with Crippen molar-refractivity contribution in [3.05, 3.63) is 252 Å². The molecule has 0 atom stereocenters. The number of hydrogen-bond donors (Lipinski definition) is 5. The third-order valence-electron chi connectivity index (χ3n) is 16.5. The number of carbonyl (C=O) groups is 4. The van der Waals surface area contributed by atoms with E-state index in [1.807, 2.05) is 36.4 Å². The van der Waals surface area contributed by atoms with Gasteiger partial charge in [-0.2, -0.15) is 0 Å². The smallest absolute Gasteiger partial charge is 0.545 e. The van der Waals surface area contributed by atoms with Crippen molar-refractivity contribution in [2.24, 2.45) is 42.3 Å². The van der Waals surface area contributed by atoms with Crippen molar-refractivity contribution in [2.75, 3.05) is 41.4 Å². The fourth-order valence-electron chi connectivity index (χ4n) is 11.1. The predicted molar refractivity (Wildman–Crippen MR) is 430 cm³/mol. The van der Waals surface area contributed by atoms with Gasteiger partial charge in [0.1, 0.15) is 46.4 Å². The molecule has 6 aromatic heterocycles. The molecule has 14 rings (SSSR count). The zero-order valence-electron chi connectivity index (χ0n) is 69.2. The molecular weight excluding hydrogens is 1730 g/mol. The summed E-state index contributed by atoms with van der Waals surface area (Å²) in [4.78, 5) is 83.1. The van der Waals surface area contributed by atoms with E-state index >= 15 is 0 Å². The van der Waals surface area contributed by atoms with Gasteiger partial charge in [0.15, 0.2) is 0 Å². The molecule has 0 saturated carbocycles. The van der Waals surface area contributed by atoms with Gasteiger partial charge in [-0.1, -0.05) is 109 Å². The van der Waals surface area contributed by atoms with Crippen LogP contribution in [-0.2, 0) is 134 Å².